The number of hydrogen-bond acceptors (Lipinski definition) is 1. The molecule has 74 valence electrons. The molecule has 14 heavy (non-hydrogen) atoms. The van der Waals surface area contributed by atoms with Crippen molar-refractivity contribution in [2.45, 2.75) is 19.6 Å². The van der Waals surface area contributed by atoms with Crippen molar-refractivity contribution in [3.05, 3.63) is 28.5 Å². The third-order valence-corrected chi connectivity index (χ3v) is 4.33. The van der Waals surface area contributed by atoms with Gasteiger partial charge in [0.25, 0.3) is 0 Å². The van der Waals surface area contributed by atoms with Gasteiger partial charge in [-0.25, -0.2) is 4.39 Å². The molecule has 0 aliphatic rings. The molecule has 0 radical (unpaired) electrons. The lowest BCUT2D eigenvalue weighted by atomic mass is 10.2. The first-order chi connectivity index (χ1) is 6.38. The number of nitriles is 1. The van der Waals surface area contributed by atoms with E-state index in [1.807, 2.05) is 19.6 Å². The van der Waals surface area contributed by atoms with Gasteiger partial charge in [-0.1, -0.05) is 37.3 Å². The zero-order chi connectivity index (χ0) is 10.9. The van der Waals surface area contributed by atoms with Gasteiger partial charge in [0, 0.05) is 0 Å². The predicted molar refractivity (Wildman–Crippen MR) is 59.1 cm³/mol. The van der Waals surface area contributed by atoms with Gasteiger partial charge < -0.3 is 0 Å². The molecule has 0 aromatic heterocycles. The molecule has 1 nitrogen and oxygen atoms in total. The second kappa shape index (κ2) is 3.72. The lowest BCUT2D eigenvalue weighted by Crippen LogP contribution is -2.40. The third-order valence-electron chi connectivity index (χ3n) is 2.01. The maximum absolute atomic E-state index is 13.8. The second-order valence-electron chi connectivity index (χ2n) is 4.15. The van der Waals surface area contributed by atoms with Gasteiger partial charge in [0.05, 0.1) is 13.1 Å². The zero-order valence-corrected chi connectivity index (χ0v) is 10.1. The summed E-state index contributed by atoms with van der Waals surface area (Å²) >= 11 is 5.70. The van der Waals surface area contributed by atoms with Gasteiger partial charge >= 0.3 is 0 Å². The fourth-order valence-corrected chi connectivity index (χ4v) is 2.79. The van der Waals surface area contributed by atoms with Crippen LogP contribution in [0.4, 0.5) is 4.39 Å². The van der Waals surface area contributed by atoms with Crippen molar-refractivity contribution >= 4 is 24.9 Å². The minimum absolute atomic E-state index is 0.0356. The molecule has 0 bridgehead atoms. The number of benzene rings is 1. The maximum atomic E-state index is 13.8. The van der Waals surface area contributed by atoms with Crippen LogP contribution in [0.2, 0.25) is 24.7 Å². The second-order valence-corrected chi connectivity index (χ2v) is 9.59. The maximum Gasteiger partial charge on any atom is 0.141 e. The molecule has 0 heterocycles. The lowest BCUT2D eigenvalue weighted by molar-refractivity contribution is 0.631. The Hall–Kier alpha value is -0.853. The summed E-state index contributed by atoms with van der Waals surface area (Å²) in [7, 11) is -1.73. The fraction of sp³-hybridized carbons (Fsp3) is 0.300. The van der Waals surface area contributed by atoms with E-state index in [0.29, 0.717) is 5.19 Å². The normalized spacial score (nSPS) is 11.1. The Bertz CT molecular complexity index is 404. The van der Waals surface area contributed by atoms with Crippen molar-refractivity contribution in [2.75, 3.05) is 0 Å². The highest BCUT2D eigenvalue weighted by atomic mass is 35.5. The van der Waals surface area contributed by atoms with Crippen LogP contribution in [0.3, 0.4) is 0 Å². The van der Waals surface area contributed by atoms with Crippen LogP contribution in [0.25, 0.3) is 0 Å². The summed E-state index contributed by atoms with van der Waals surface area (Å²) in [5.41, 5.74) is -0.0356. The molecule has 1 aromatic carbocycles. The topological polar surface area (TPSA) is 23.8 Å². The summed E-state index contributed by atoms with van der Waals surface area (Å²) in [5.74, 6) is -0.445. The Morgan fingerprint density at radius 3 is 2.36 bits per heavy atom. The van der Waals surface area contributed by atoms with Crippen LogP contribution in [0.15, 0.2) is 12.1 Å². The Morgan fingerprint density at radius 1 is 1.36 bits per heavy atom. The van der Waals surface area contributed by atoms with E-state index in [4.69, 9.17) is 16.9 Å². The van der Waals surface area contributed by atoms with Crippen LogP contribution in [-0.4, -0.2) is 8.07 Å². The van der Waals surface area contributed by atoms with E-state index >= 15 is 0 Å². The van der Waals surface area contributed by atoms with Gasteiger partial charge in [-0.3, -0.25) is 0 Å². The molecule has 0 saturated carbocycles. The third kappa shape index (κ3) is 1.97. The van der Waals surface area contributed by atoms with Crippen LogP contribution in [0.1, 0.15) is 5.56 Å². The molecule has 0 saturated heterocycles. The first-order valence-electron chi connectivity index (χ1n) is 4.26. The molecule has 0 aliphatic heterocycles. The first kappa shape index (κ1) is 11.2. The Balaban J connectivity index is 3.46. The van der Waals surface area contributed by atoms with Gasteiger partial charge in [0.15, 0.2) is 0 Å². The average molecular weight is 228 g/mol. The van der Waals surface area contributed by atoms with Gasteiger partial charge in [-0.2, -0.15) is 5.26 Å². The Morgan fingerprint density at radius 2 is 1.93 bits per heavy atom. The van der Waals surface area contributed by atoms with Crippen molar-refractivity contribution in [3.8, 4) is 6.07 Å². The standard InChI is InChI=1S/C10H11ClFNSi/c1-14(2,3)9-5-4-8(11)7(6-13)10(9)12/h4-5H,1-3H3. The van der Waals surface area contributed by atoms with Crippen LogP contribution in [-0.2, 0) is 0 Å². The molecule has 0 aliphatic carbocycles. The molecular weight excluding hydrogens is 217 g/mol. The van der Waals surface area contributed by atoms with Crippen LogP contribution in [0, 0.1) is 17.1 Å². The summed E-state index contributed by atoms with van der Waals surface area (Å²) in [6.07, 6.45) is 0. The highest BCUT2D eigenvalue weighted by Crippen LogP contribution is 2.18. The molecule has 0 spiro atoms. The van der Waals surface area contributed by atoms with E-state index < -0.39 is 13.9 Å². The smallest absolute Gasteiger partial charge is 0.141 e. The Kier molecular flexibility index (Phi) is 2.98. The lowest BCUT2D eigenvalue weighted by Gasteiger charge is -2.18. The summed E-state index contributed by atoms with van der Waals surface area (Å²) in [5, 5.41) is 9.57. The monoisotopic (exact) mass is 227 g/mol. The molecule has 1 rings (SSSR count). The van der Waals surface area contributed by atoms with Crippen molar-refractivity contribution in [2.24, 2.45) is 0 Å². The van der Waals surface area contributed by atoms with Crippen molar-refractivity contribution in [3.63, 3.8) is 0 Å². The predicted octanol–water partition coefficient (Wildman–Crippen LogP) is 2.90. The molecule has 0 atom stereocenters. The SMILES string of the molecule is C[Si](C)(C)c1ccc(Cl)c(C#N)c1F. The Labute approximate surface area is 89.1 Å². The van der Waals surface area contributed by atoms with E-state index in [9.17, 15) is 4.39 Å². The molecule has 0 amide bonds. The summed E-state index contributed by atoms with van der Waals surface area (Å²) in [4.78, 5) is 0. The molecule has 1 aromatic rings. The van der Waals surface area contributed by atoms with E-state index in [-0.39, 0.29) is 10.6 Å². The van der Waals surface area contributed by atoms with E-state index in [1.165, 1.54) is 0 Å². The fourth-order valence-electron chi connectivity index (χ4n) is 1.23. The van der Waals surface area contributed by atoms with E-state index in [1.54, 1.807) is 18.2 Å². The van der Waals surface area contributed by atoms with Gasteiger partial charge in [0.1, 0.15) is 17.4 Å². The number of nitrogens with zero attached hydrogens (tertiary/aromatic N) is 1. The minimum Gasteiger partial charge on any atom is -0.206 e. The highest BCUT2D eigenvalue weighted by Gasteiger charge is 2.23. The highest BCUT2D eigenvalue weighted by molar-refractivity contribution is 6.88. The first-order valence-corrected chi connectivity index (χ1v) is 8.14. The minimum atomic E-state index is -1.73. The van der Waals surface area contributed by atoms with Crippen molar-refractivity contribution in [1.82, 2.24) is 0 Å². The summed E-state index contributed by atoms with van der Waals surface area (Å²) in [6, 6.07) is 5.07. The molecule has 0 unspecified atom stereocenters. The molecule has 0 N–H and O–H groups in total. The summed E-state index contributed by atoms with van der Waals surface area (Å²) < 4.78 is 13.8. The van der Waals surface area contributed by atoms with E-state index in [2.05, 4.69) is 0 Å². The molecule has 4 heteroatoms. The quantitative estimate of drug-likeness (QED) is 0.677. The van der Waals surface area contributed by atoms with Crippen molar-refractivity contribution < 1.29 is 4.39 Å². The molecule has 0 fully saturated rings. The van der Waals surface area contributed by atoms with Gasteiger partial charge in [0.2, 0.25) is 0 Å². The number of hydrogen-bond donors (Lipinski definition) is 0. The average Bonchev–Trinajstić information content (AvgIpc) is 2.02. The number of rotatable bonds is 1. The largest absolute Gasteiger partial charge is 0.206 e. The van der Waals surface area contributed by atoms with E-state index in [0.717, 1.165) is 0 Å². The van der Waals surface area contributed by atoms with Crippen molar-refractivity contribution in [1.29, 1.82) is 5.26 Å². The van der Waals surface area contributed by atoms with Gasteiger partial charge in [-0.15, -0.1) is 0 Å². The summed E-state index contributed by atoms with van der Waals surface area (Å²) in [6.45, 7) is 6.08. The van der Waals surface area contributed by atoms with Gasteiger partial charge in [-0.05, 0) is 11.3 Å². The number of halogens is 2. The van der Waals surface area contributed by atoms with Crippen LogP contribution >= 0.6 is 11.6 Å². The van der Waals surface area contributed by atoms with Crippen LogP contribution < -0.4 is 5.19 Å². The zero-order valence-electron chi connectivity index (χ0n) is 8.36. The molecular formula is C10H11ClFNSi. The van der Waals surface area contributed by atoms with Crippen LogP contribution in [0.5, 0.6) is 0 Å².